The highest BCUT2D eigenvalue weighted by molar-refractivity contribution is 5.97. The molecular weight excluding hydrogens is 392 g/mol. The summed E-state index contributed by atoms with van der Waals surface area (Å²) in [5.41, 5.74) is 1.67. The maximum Gasteiger partial charge on any atom is 0.227 e. The van der Waals surface area contributed by atoms with E-state index in [-0.39, 0.29) is 23.8 Å². The molecule has 2 atom stereocenters. The van der Waals surface area contributed by atoms with Gasteiger partial charge in [0.2, 0.25) is 11.8 Å². The van der Waals surface area contributed by atoms with E-state index in [1.54, 1.807) is 19.1 Å². The Bertz CT molecular complexity index is 875. The normalized spacial score (nSPS) is 18.7. The van der Waals surface area contributed by atoms with E-state index < -0.39 is 6.04 Å². The number of amides is 2. The second-order valence-electron chi connectivity index (χ2n) is 7.85. The van der Waals surface area contributed by atoms with Crippen molar-refractivity contribution in [2.45, 2.75) is 51.6 Å². The third-order valence-corrected chi connectivity index (χ3v) is 6.07. The van der Waals surface area contributed by atoms with Crippen LogP contribution >= 0.6 is 0 Å². The van der Waals surface area contributed by atoms with Crippen LogP contribution in [0.1, 0.15) is 51.1 Å². The molecule has 3 rings (SSSR count). The molecule has 1 N–H and O–H groups in total. The predicted octanol–water partition coefficient (Wildman–Crippen LogP) is 4.49. The first-order valence-corrected chi connectivity index (χ1v) is 10.9. The molecule has 0 radical (unpaired) electrons. The van der Waals surface area contributed by atoms with Crippen molar-refractivity contribution in [2.75, 3.05) is 19.1 Å². The van der Waals surface area contributed by atoms with Crippen LogP contribution in [-0.4, -0.2) is 32.1 Å². The summed E-state index contributed by atoms with van der Waals surface area (Å²) < 4.78 is 10.6. The van der Waals surface area contributed by atoms with Gasteiger partial charge in [-0.15, -0.1) is 0 Å². The van der Waals surface area contributed by atoms with Crippen LogP contribution in [-0.2, 0) is 9.59 Å². The van der Waals surface area contributed by atoms with Gasteiger partial charge in [0.15, 0.2) is 0 Å². The van der Waals surface area contributed by atoms with Gasteiger partial charge in [0.25, 0.3) is 0 Å². The van der Waals surface area contributed by atoms with Gasteiger partial charge in [-0.05, 0) is 61.2 Å². The smallest absolute Gasteiger partial charge is 0.227 e. The molecule has 1 heterocycles. The van der Waals surface area contributed by atoms with Gasteiger partial charge >= 0.3 is 0 Å². The Kier molecular flexibility index (Phi) is 7.55. The standard InChI is InChI=1S/C25H32N2O4/c1-5-18(6-2)26-25(29)22-15-16-23(28)27(19-9-13-21(31-4)14-10-19)24(22)17-7-11-20(30-3)12-8-17/h7-14,18,22,24H,5-6,15-16H2,1-4H3,(H,26,29). The fraction of sp³-hybridized carbons (Fsp3) is 0.440. The Morgan fingerprint density at radius 2 is 1.55 bits per heavy atom. The molecule has 0 bridgehead atoms. The summed E-state index contributed by atoms with van der Waals surface area (Å²) in [6.07, 6.45) is 2.61. The molecule has 1 saturated heterocycles. The van der Waals surface area contributed by atoms with Crippen LogP contribution in [0, 0.1) is 5.92 Å². The lowest BCUT2D eigenvalue weighted by atomic mass is 9.83. The molecule has 0 aromatic heterocycles. The summed E-state index contributed by atoms with van der Waals surface area (Å²) >= 11 is 0. The number of piperidine rings is 1. The predicted molar refractivity (Wildman–Crippen MR) is 121 cm³/mol. The molecule has 0 saturated carbocycles. The van der Waals surface area contributed by atoms with Gasteiger partial charge in [0.05, 0.1) is 26.2 Å². The molecule has 0 spiro atoms. The van der Waals surface area contributed by atoms with Crippen molar-refractivity contribution in [2.24, 2.45) is 5.92 Å². The van der Waals surface area contributed by atoms with Crippen molar-refractivity contribution in [3.05, 3.63) is 54.1 Å². The van der Waals surface area contributed by atoms with E-state index in [1.807, 2.05) is 48.5 Å². The Morgan fingerprint density at radius 3 is 2.06 bits per heavy atom. The largest absolute Gasteiger partial charge is 0.497 e. The highest BCUT2D eigenvalue weighted by Gasteiger charge is 2.41. The first-order valence-electron chi connectivity index (χ1n) is 10.9. The van der Waals surface area contributed by atoms with Gasteiger partial charge in [0, 0.05) is 18.2 Å². The average molecular weight is 425 g/mol. The van der Waals surface area contributed by atoms with Gasteiger partial charge < -0.3 is 19.7 Å². The molecule has 2 aromatic carbocycles. The van der Waals surface area contributed by atoms with Crippen LogP contribution < -0.4 is 19.7 Å². The first kappa shape index (κ1) is 22.7. The van der Waals surface area contributed by atoms with Crippen LogP contribution in [0.15, 0.2) is 48.5 Å². The van der Waals surface area contributed by atoms with E-state index in [1.165, 1.54) is 0 Å². The van der Waals surface area contributed by atoms with Crippen LogP contribution in [0.2, 0.25) is 0 Å². The summed E-state index contributed by atoms with van der Waals surface area (Å²) in [6, 6.07) is 14.8. The Hall–Kier alpha value is -3.02. The summed E-state index contributed by atoms with van der Waals surface area (Å²) in [6.45, 7) is 4.15. The number of hydrogen-bond acceptors (Lipinski definition) is 4. The van der Waals surface area contributed by atoms with Crippen molar-refractivity contribution >= 4 is 17.5 Å². The SMILES string of the molecule is CCC(CC)NC(=O)C1CCC(=O)N(c2ccc(OC)cc2)C1c1ccc(OC)cc1. The van der Waals surface area contributed by atoms with E-state index in [0.717, 1.165) is 35.6 Å². The van der Waals surface area contributed by atoms with Gasteiger partial charge in [0.1, 0.15) is 11.5 Å². The van der Waals surface area contributed by atoms with Gasteiger partial charge in [-0.1, -0.05) is 26.0 Å². The molecule has 2 aromatic rings. The maximum atomic E-state index is 13.3. The number of carbonyl (C=O) groups is 2. The summed E-state index contributed by atoms with van der Waals surface area (Å²) in [5, 5.41) is 3.19. The number of nitrogens with one attached hydrogen (secondary N) is 1. The number of hydrogen-bond donors (Lipinski definition) is 1. The van der Waals surface area contributed by atoms with E-state index >= 15 is 0 Å². The van der Waals surface area contributed by atoms with Crippen LogP contribution in [0.5, 0.6) is 11.5 Å². The van der Waals surface area contributed by atoms with E-state index in [4.69, 9.17) is 9.47 Å². The molecule has 2 amide bonds. The van der Waals surface area contributed by atoms with Crippen molar-refractivity contribution in [1.82, 2.24) is 5.32 Å². The molecule has 166 valence electrons. The van der Waals surface area contributed by atoms with Crippen molar-refractivity contribution in [3.63, 3.8) is 0 Å². The van der Waals surface area contributed by atoms with E-state index in [2.05, 4.69) is 19.2 Å². The number of carbonyl (C=O) groups excluding carboxylic acids is 2. The lowest BCUT2D eigenvalue weighted by Gasteiger charge is -2.41. The third-order valence-electron chi connectivity index (χ3n) is 6.07. The highest BCUT2D eigenvalue weighted by atomic mass is 16.5. The molecule has 1 fully saturated rings. The second kappa shape index (κ2) is 10.3. The van der Waals surface area contributed by atoms with E-state index in [0.29, 0.717) is 12.8 Å². The summed E-state index contributed by atoms with van der Waals surface area (Å²) in [5.74, 6) is 1.13. The quantitative estimate of drug-likeness (QED) is 0.678. The lowest BCUT2D eigenvalue weighted by molar-refractivity contribution is -0.129. The molecule has 31 heavy (non-hydrogen) atoms. The number of anilines is 1. The Labute approximate surface area is 184 Å². The van der Waals surface area contributed by atoms with Gasteiger partial charge in [-0.25, -0.2) is 0 Å². The zero-order valence-electron chi connectivity index (χ0n) is 18.8. The molecule has 6 nitrogen and oxygen atoms in total. The molecular formula is C25H32N2O4. The molecule has 0 aliphatic carbocycles. The monoisotopic (exact) mass is 424 g/mol. The fourth-order valence-corrected chi connectivity index (χ4v) is 4.20. The third kappa shape index (κ3) is 5.01. The molecule has 6 heteroatoms. The van der Waals surface area contributed by atoms with Crippen molar-refractivity contribution in [3.8, 4) is 11.5 Å². The van der Waals surface area contributed by atoms with Crippen LogP contribution in [0.4, 0.5) is 5.69 Å². The summed E-state index contributed by atoms with van der Waals surface area (Å²) in [4.78, 5) is 28.2. The lowest BCUT2D eigenvalue weighted by Crippen LogP contribution is -2.49. The van der Waals surface area contributed by atoms with Gasteiger partial charge in [-0.3, -0.25) is 9.59 Å². The van der Waals surface area contributed by atoms with Crippen molar-refractivity contribution < 1.29 is 19.1 Å². The van der Waals surface area contributed by atoms with Crippen molar-refractivity contribution in [1.29, 1.82) is 0 Å². The average Bonchev–Trinajstić information content (AvgIpc) is 2.82. The molecule has 2 unspecified atom stereocenters. The zero-order valence-corrected chi connectivity index (χ0v) is 18.8. The van der Waals surface area contributed by atoms with Crippen LogP contribution in [0.3, 0.4) is 0 Å². The maximum absolute atomic E-state index is 13.3. The Morgan fingerprint density at radius 1 is 1.00 bits per heavy atom. The minimum absolute atomic E-state index is 0.000490. The van der Waals surface area contributed by atoms with Crippen LogP contribution in [0.25, 0.3) is 0 Å². The summed E-state index contributed by atoms with van der Waals surface area (Å²) in [7, 11) is 3.23. The topological polar surface area (TPSA) is 67.9 Å². The Balaban J connectivity index is 2.02. The molecule has 1 aliphatic heterocycles. The highest BCUT2D eigenvalue weighted by Crippen LogP contribution is 2.41. The zero-order chi connectivity index (χ0) is 22.4. The first-order chi connectivity index (χ1) is 15.0. The number of ether oxygens (including phenoxy) is 2. The minimum Gasteiger partial charge on any atom is -0.497 e. The number of benzene rings is 2. The minimum atomic E-state index is -0.394. The number of methoxy groups -OCH3 is 2. The number of nitrogens with zero attached hydrogens (tertiary/aromatic N) is 1. The fourth-order valence-electron chi connectivity index (χ4n) is 4.20. The van der Waals surface area contributed by atoms with E-state index in [9.17, 15) is 9.59 Å². The van der Waals surface area contributed by atoms with Gasteiger partial charge in [-0.2, -0.15) is 0 Å². The second-order valence-corrected chi connectivity index (χ2v) is 7.85. The number of rotatable bonds is 8. The molecule has 1 aliphatic rings.